The maximum absolute atomic E-state index is 8.79. The Kier molecular flexibility index (Phi) is 3.47. The Bertz CT molecular complexity index is 431. The molecule has 68 valence electrons. The molecular weight excluding hydrogens is 172 g/mol. The smallest absolute Gasteiger partial charge is 0.0994 e. The minimum absolute atomic E-state index is 0.399. The fourth-order valence-corrected chi connectivity index (χ4v) is 1.11. The maximum atomic E-state index is 8.79. The summed E-state index contributed by atoms with van der Waals surface area (Å²) in [5, 5.41) is 17.1. The summed E-state index contributed by atoms with van der Waals surface area (Å²) in [6.45, 7) is 1.90. The third-order valence-electron chi connectivity index (χ3n) is 1.90. The van der Waals surface area contributed by atoms with Crippen molar-refractivity contribution in [3.05, 3.63) is 41.0 Å². The van der Waals surface area contributed by atoms with Crippen LogP contribution in [0.2, 0.25) is 0 Å². The van der Waals surface area contributed by atoms with E-state index in [-0.39, 0.29) is 0 Å². The number of allylic oxidation sites excluding steroid dienone is 1. The molecule has 2 heteroatoms. The van der Waals surface area contributed by atoms with Crippen LogP contribution in [0.3, 0.4) is 0 Å². The highest BCUT2D eigenvalue weighted by Gasteiger charge is 1.96. The van der Waals surface area contributed by atoms with Gasteiger partial charge < -0.3 is 0 Å². The normalized spacial score (nSPS) is 9.64. The van der Waals surface area contributed by atoms with Gasteiger partial charge in [-0.1, -0.05) is 24.3 Å². The van der Waals surface area contributed by atoms with Crippen LogP contribution in [-0.4, -0.2) is 0 Å². The van der Waals surface area contributed by atoms with E-state index in [1.807, 2.05) is 37.3 Å². The number of aryl methyl sites for hydroxylation is 1. The molecule has 0 saturated heterocycles. The molecule has 0 saturated carbocycles. The van der Waals surface area contributed by atoms with Crippen molar-refractivity contribution in [2.75, 3.05) is 0 Å². The average molecular weight is 182 g/mol. The fourth-order valence-electron chi connectivity index (χ4n) is 1.11. The molecule has 0 atom stereocenters. The molecule has 0 amide bonds. The highest BCUT2D eigenvalue weighted by Crippen LogP contribution is 2.11. The minimum atomic E-state index is 0.399. The van der Waals surface area contributed by atoms with Crippen LogP contribution in [0.5, 0.6) is 0 Å². The molecule has 0 aromatic heterocycles. The number of rotatable bonds is 2. The minimum Gasteiger partial charge on any atom is -0.198 e. The van der Waals surface area contributed by atoms with Gasteiger partial charge in [0.1, 0.15) is 0 Å². The molecule has 0 heterocycles. The second-order valence-corrected chi connectivity index (χ2v) is 2.95. The Balaban J connectivity index is 2.92. The van der Waals surface area contributed by atoms with Gasteiger partial charge in [0.2, 0.25) is 0 Å². The Labute approximate surface area is 83.7 Å². The molecule has 1 aromatic carbocycles. The van der Waals surface area contributed by atoms with Crippen molar-refractivity contribution in [3.8, 4) is 12.1 Å². The second-order valence-electron chi connectivity index (χ2n) is 2.95. The molecular formula is C12H10N2. The van der Waals surface area contributed by atoms with Gasteiger partial charge in [-0.3, -0.25) is 0 Å². The first-order valence-corrected chi connectivity index (χ1v) is 4.32. The highest BCUT2D eigenvalue weighted by atomic mass is 14.2. The van der Waals surface area contributed by atoms with Crippen LogP contribution in [0.25, 0.3) is 6.08 Å². The standard InChI is InChI=1S/C12H10N2/c1-10-5-6-11(4-2-3-7-13)8-12(10)9-14/h2,4-6,8H,3H2,1H3. The Morgan fingerprint density at radius 3 is 2.79 bits per heavy atom. The Morgan fingerprint density at radius 1 is 1.36 bits per heavy atom. The SMILES string of the molecule is Cc1ccc(C=CCC#N)cc1C#N. The lowest BCUT2D eigenvalue weighted by atomic mass is 10.1. The van der Waals surface area contributed by atoms with Crippen LogP contribution < -0.4 is 0 Å². The molecule has 0 fully saturated rings. The number of nitriles is 2. The van der Waals surface area contributed by atoms with Crippen LogP contribution in [0.1, 0.15) is 23.1 Å². The summed E-state index contributed by atoms with van der Waals surface area (Å²) in [4.78, 5) is 0. The summed E-state index contributed by atoms with van der Waals surface area (Å²) in [6, 6.07) is 9.82. The Hall–Kier alpha value is -2.06. The van der Waals surface area contributed by atoms with Gasteiger partial charge in [0.25, 0.3) is 0 Å². The molecule has 0 N–H and O–H groups in total. The van der Waals surface area contributed by atoms with Gasteiger partial charge in [0.15, 0.2) is 0 Å². The van der Waals surface area contributed by atoms with Gasteiger partial charge in [-0.25, -0.2) is 0 Å². The second kappa shape index (κ2) is 4.84. The van der Waals surface area contributed by atoms with E-state index in [4.69, 9.17) is 10.5 Å². The largest absolute Gasteiger partial charge is 0.198 e. The van der Waals surface area contributed by atoms with Crippen LogP contribution in [0, 0.1) is 29.6 Å². The van der Waals surface area contributed by atoms with Crippen LogP contribution >= 0.6 is 0 Å². The first-order valence-electron chi connectivity index (χ1n) is 4.32. The van der Waals surface area contributed by atoms with E-state index in [2.05, 4.69) is 6.07 Å². The first-order chi connectivity index (χ1) is 6.77. The summed E-state index contributed by atoms with van der Waals surface area (Å²) < 4.78 is 0. The number of nitrogens with zero attached hydrogens (tertiary/aromatic N) is 2. The van der Waals surface area contributed by atoms with Crippen LogP contribution in [0.4, 0.5) is 0 Å². The van der Waals surface area contributed by atoms with Crippen molar-refractivity contribution in [1.29, 1.82) is 10.5 Å². The van der Waals surface area contributed by atoms with Crippen molar-refractivity contribution in [3.63, 3.8) is 0 Å². The van der Waals surface area contributed by atoms with Crippen molar-refractivity contribution in [2.45, 2.75) is 13.3 Å². The highest BCUT2D eigenvalue weighted by molar-refractivity contribution is 5.54. The predicted molar refractivity (Wildman–Crippen MR) is 55.2 cm³/mol. The zero-order valence-corrected chi connectivity index (χ0v) is 7.99. The molecule has 1 aromatic rings. The van der Waals surface area contributed by atoms with Crippen LogP contribution in [-0.2, 0) is 0 Å². The molecule has 2 nitrogen and oxygen atoms in total. The molecule has 0 radical (unpaired) electrons. The maximum Gasteiger partial charge on any atom is 0.0994 e. The van der Waals surface area contributed by atoms with E-state index in [0.717, 1.165) is 11.1 Å². The van der Waals surface area contributed by atoms with Gasteiger partial charge in [-0.2, -0.15) is 10.5 Å². The van der Waals surface area contributed by atoms with Gasteiger partial charge in [0.05, 0.1) is 24.1 Å². The number of hydrogen-bond acceptors (Lipinski definition) is 2. The molecule has 1 rings (SSSR count). The fraction of sp³-hybridized carbons (Fsp3) is 0.167. The van der Waals surface area contributed by atoms with E-state index < -0.39 is 0 Å². The lowest BCUT2D eigenvalue weighted by Gasteiger charge is -1.97. The van der Waals surface area contributed by atoms with Crippen molar-refractivity contribution >= 4 is 6.08 Å². The van der Waals surface area contributed by atoms with Crippen molar-refractivity contribution in [2.24, 2.45) is 0 Å². The van der Waals surface area contributed by atoms with E-state index in [1.54, 1.807) is 6.08 Å². The first kappa shape index (κ1) is 10.0. The van der Waals surface area contributed by atoms with Gasteiger partial charge in [-0.05, 0) is 24.1 Å². The average Bonchev–Trinajstić information content (AvgIpc) is 2.21. The van der Waals surface area contributed by atoms with E-state index >= 15 is 0 Å². The van der Waals surface area contributed by atoms with Gasteiger partial charge in [-0.15, -0.1) is 0 Å². The number of hydrogen-bond donors (Lipinski definition) is 0. The van der Waals surface area contributed by atoms with E-state index in [9.17, 15) is 0 Å². The lowest BCUT2D eigenvalue weighted by molar-refractivity contribution is 1.36. The summed E-state index contributed by atoms with van der Waals surface area (Å²) in [5.41, 5.74) is 2.62. The predicted octanol–water partition coefficient (Wildman–Crippen LogP) is 2.79. The van der Waals surface area contributed by atoms with E-state index in [1.165, 1.54) is 0 Å². The third-order valence-corrected chi connectivity index (χ3v) is 1.90. The molecule has 0 aliphatic carbocycles. The molecule has 0 spiro atoms. The number of benzene rings is 1. The van der Waals surface area contributed by atoms with Crippen LogP contribution in [0.15, 0.2) is 24.3 Å². The van der Waals surface area contributed by atoms with Crippen molar-refractivity contribution in [1.82, 2.24) is 0 Å². The summed E-state index contributed by atoms with van der Waals surface area (Å²) in [5.74, 6) is 0. The van der Waals surface area contributed by atoms with Gasteiger partial charge in [0, 0.05) is 0 Å². The summed E-state index contributed by atoms with van der Waals surface area (Å²) in [7, 11) is 0. The molecule has 0 aliphatic heterocycles. The summed E-state index contributed by atoms with van der Waals surface area (Å²) in [6.07, 6.45) is 4.03. The zero-order chi connectivity index (χ0) is 10.4. The monoisotopic (exact) mass is 182 g/mol. The third kappa shape index (κ3) is 2.47. The quantitative estimate of drug-likeness (QED) is 0.706. The van der Waals surface area contributed by atoms with Gasteiger partial charge >= 0.3 is 0 Å². The molecule has 0 unspecified atom stereocenters. The Morgan fingerprint density at radius 2 is 2.14 bits per heavy atom. The van der Waals surface area contributed by atoms with Crippen molar-refractivity contribution < 1.29 is 0 Å². The lowest BCUT2D eigenvalue weighted by Crippen LogP contribution is -1.82. The van der Waals surface area contributed by atoms with E-state index in [0.29, 0.717) is 12.0 Å². The summed E-state index contributed by atoms with van der Waals surface area (Å²) >= 11 is 0. The molecule has 0 aliphatic rings. The molecule has 0 bridgehead atoms. The molecule has 14 heavy (non-hydrogen) atoms. The topological polar surface area (TPSA) is 47.6 Å². The zero-order valence-electron chi connectivity index (χ0n) is 7.99.